The van der Waals surface area contributed by atoms with Crippen LogP contribution < -0.4 is 10.6 Å². The largest absolute Gasteiger partial charge is 0.379 e. The second-order valence-corrected chi connectivity index (χ2v) is 8.09. The Morgan fingerprint density at radius 2 is 1.88 bits per heavy atom. The number of carbonyl (C=O) groups is 2. The first-order valence-electron chi connectivity index (χ1n) is 10.9. The number of nitrogens with zero attached hydrogens (tertiary/aromatic N) is 1. The van der Waals surface area contributed by atoms with Gasteiger partial charge in [-0.25, -0.2) is 0 Å². The Morgan fingerprint density at radius 1 is 1.06 bits per heavy atom. The van der Waals surface area contributed by atoms with Gasteiger partial charge in [0.05, 0.1) is 13.2 Å². The van der Waals surface area contributed by atoms with Crippen molar-refractivity contribution in [1.29, 1.82) is 0 Å². The number of anilines is 2. The average Bonchev–Trinajstić information content (AvgIpc) is 3.13. The first kappa shape index (κ1) is 20.4. The topological polar surface area (TPSA) is 70.7 Å². The number of amides is 2. The first-order valence-corrected chi connectivity index (χ1v) is 10.9. The van der Waals surface area contributed by atoms with Crippen molar-refractivity contribution in [2.24, 2.45) is 0 Å². The molecule has 0 atom stereocenters. The zero-order valence-electron chi connectivity index (χ0n) is 17.8. The fourth-order valence-corrected chi connectivity index (χ4v) is 4.25. The number of fused-ring (bicyclic) bond motifs is 2. The van der Waals surface area contributed by atoms with Gasteiger partial charge in [0.25, 0.3) is 5.91 Å². The van der Waals surface area contributed by atoms with E-state index < -0.39 is 0 Å². The number of carbonyl (C=O) groups excluding carboxylic acids is 2. The fraction of sp³-hybridized carbons (Fsp3) is 0.231. The monoisotopic (exact) mass is 427 g/mol. The lowest BCUT2D eigenvalue weighted by molar-refractivity contribution is -0.116. The van der Waals surface area contributed by atoms with Crippen LogP contribution in [0.25, 0.3) is 22.4 Å². The van der Waals surface area contributed by atoms with Gasteiger partial charge in [-0.15, -0.1) is 0 Å². The molecular formula is C26H25N3O3. The highest BCUT2D eigenvalue weighted by atomic mass is 16.5. The maximum atomic E-state index is 12.7. The average molecular weight is 428 g/mol. The number of hydrogen-bond donors (Lipinski definition) is 2. The predicted molar refractivity (Wildman–Crippen MR) is 127 cm³/mol. The van der Waals surface area contributed by atoms with Crippen LogP contribution in [0.3, 0.4) is 0 Å². The molecule has 162 valence electrons. The summed E-state index contributed by atoms with van der Waals surface area (Å²) in [7, 11) is 0. The summed E-state index contributed by atoms with van der Waals surface area (Å²) in [4.78, 5) is 27.4. The number of ether oxygens (including phenoxy) is 1. The van der Waals surface area contributed by atoms with E-state index in [-0.39, 0.29) is 11.8 Å². The lowest BCUT2D eigenvalue weighted by atomic mass is 9.99. The third kappa shape index (κ3) is 4.28. The van der Waals surface area contributed by atoms with Gasteiger partial charge in [-0.05, 0) is 40.6 Å². The molecule has 0 radical (unpaired) electrons. The van der Waals surface area contributed by atoms with Crippen molar-refractivity contribution in [1.82, 2.24) is 4.90 Å². The summed E-state index contributed by atoms with van der Waals surface area (Å²) in [5.74, 6) is -0.169. The van der Waals surface area contributed by atoms with Crippen molar-refractivity contribution in [2.45, 2.75) is 6.42 Å². The Balaban J connectivity index is 1.36. The molecular weight excluding hydrogens is 402 g/mol. The van der Waals surface area contributed by atoms with Crippen molar-refractivity contribution >= 4 is 45.6 Å². The van der Waals surface area contributed by atoms with E-state index in [1.54, 1.807) is 0 Å². The van der Waals surface area contributed by atoms with Gasteiger partial charge in [0.2, 0.25) is 5.91 Å². The maximum Gasteiger partial charge on any atom is 0.256 e. The normalized spacial score (nSPS) is 17.4. The molecule has 5 rings (SSSR count). The summed E-state index contributed by atoms with van der Waals surface area (Å²) in [6.45, 7) is 3.88. The van der Waals surface area contributed by atoms with Crippen LogP contribution in [0.4, 0.5) is 11.4 Å². The summed E-state index contributed by atoms with van der Waals surface area (Å²) < 4.78 is 5.35. The molecule has 2 aliphatic rings. The lowest BCUT2D eigenvalue weighted by Gasteiger charge is -2.26. The van der Waals surface area contributed by atoms with Crippen LogP contribution in [0.15, 0.2) is 60.7 Å². The third-order valence-electron chi connectivity index (χ3n) is 5.97. The van der Waals surface area contributed by atoms with E-state index in [4.69, 9.17) is 4.74 Å². The van der Waals surface area contributed by atoms with Crippen molar-refractivity contribution in [3.8, 4) is 0 Å². The van der Waals surface area contributed by atoms with Crippen LogP contribution in [0.5, 0.6) is 0 Å². The van der Waals surface area contributed by atoms with E-state index in [2.05, 4.69) is 33.7 Å². The van der Waals surface area contributed by atoms with Gasteiger partial charge < -0.3 is 15.4 Å². The molecule has 0 spiro atoms. The van der Waals surface area contributed by atoms with E-state index in [0.29, 0.717) is 24.2 Å². The van der Waals surface area contributed by atoms with E-state index in [0.717, 1.165) is 53.9 Å². The standard InChI is InChI=1S/C26H25N3O3/c30-25(10-11-29-12-14-32-15-13-29)27-20-8-9-24-22(17-20)23(26(31)28-24)16-19-6-3-5-18-4-1-2-7-21(18)19/h1-9,16-17H,10-15H2,(H,27,30)(H,28,31)/b23-16+. The van der Waals surface area contributed by atoms with Gasteiger partial charge in [0.1, 0.15) is 0 Å². The Morgan fingerprint density at radius 3 is 2.75 bits per heavy atom. The molecule has 6 heteroatoms. The highest BCUT2D eigenvalue weighted by molar-refractivity contribution is 6.35. The molecule has 3 aromatic carbocycles. The zero-order valence-corrected chi connectivity index (χ0v) is 17.8. The predicted octanol–water partition coefficient (Wildman–Crippen LogP) is 3.99. The Bertz CT molecular complexity index is 1210. The number of nitrogens with one attached hydrogen (secondary N) is 2. The van der Waals surface area contributed by atoms with Gasteiger partial charge >= 0.3 is 0 Å². The Hall–Kier alpha value is -3.48. The zero-order chi connectivity index (χ0) is 21.9. The van der Waals surface area contributed by atoms with Gasteiger partial charge in [0.15, 0.2) is 0 Å². The molecule has 0 unspecified atom stereocenters. The lowest BCUT2D eigenvalue weighted by Crippen LogP contribution is -2.38. The highest BCUT2D eigenvalue weighted by Crippen LogP contribution is 2.36. The minimum Gasteiger partial charge on any atom is -0.379 e. The number of rotatable bonds is 5. The van der Waals surface area contributed by atoms with Crippen molar-refractivity contribution in [2.75, 3.05) is 43.5 Å². The molecule has 0 saturated carbocycles. The van der Waals surface area contributed by atoms with Crippen molar-refractivity contribution in [3.05, 3.63) is 71.8 Å². The molecule has 2 aliphatic heterocycles. The summed E-state index contributed by atoms with van der Waals surface area (Å²) in [5.41, 5.74) is 3.83. The summed E-state index contributed by atoms with van der Waals surface area (Å²) >= 11 is 0. The Labute approximate surface area is 186 Å². The Kier molecular flexibility index (Phi) is 5.71. The quantitative estimate of drug-likeness (QED) is 0.604. The molecule has 2 heterocycles. The van der Waals surface area contributed by atoms with Crippen LogP contribution >= 0.6 is 0 Å². The molecule has 0 aliphatic carbocycles. The van der Waals surface area contributed by atoms with Gasteiger partial charge in [-0.3, -0.25) is 14.5 Å². The molecule has 2 N–H and O–H groups in total. The molecule has 0 bridgehead atoms. The van der Waals surface area contributed by atoms with E-state index in [1.165, 1.54) is 0 Å². The van der Waals surface area contributed by atoms with Crippen LogP contribution in [-0.2, 0) is 14.3 Å². The third-order valence-corrected chi connectivity index (χ3v) is 5.97. The molecule has 1 saturated heterocycles. The number of benzene rings is 3. The van der Waals surface area contributed by atoms with Crippen molar-refractivity contribution < 1.29 is 14.3 Å². The summed E-state index contributed by atoms with van der Waals surface area (Å²) in [6.07, 6.45) is 2.35. The fourth-order valence-electron chi connectivity index (χ4n) is 4.25. The molecule has 6 nitrogen and oxygen atoms in total. The van der Waals surface area contributed by atoms with Crippen LogP contribution in [0, 0.1) is 0 Å². The number of morpholine rings is 1. The van der Waals surface area contributed by atoms with Crippen LogP contribution in [0.1, 0.15) is 17.5 Å². The smallest absolute Gasteiger partial charge is 0.256 e. The summed E-state index contributed by atoms with van der Waals surface area (Å²) in [6, 6.07) is 19.7. The highest BCUT2D eigenvalue weighted by Gasteiger charge is 2.25. The molecule has 2 amide bonds. The molecule has 0 aromatic heterocycles. The van der Waals surface area contributed by atoms with E-state index in [1.807, 2.05) is 48.5 Å². The minimum absolute atomic E-state index is 0.0340. The number of hydrogen-bond acceptors (Lipinski definition) is 4. The van der Waals surface area contributed by atoms with Gasteiger partial charge in [0, 0.05) is 48.6 Å². The van der Waals surface area contributed by atoms with E-state index in [9.17, 15) is 9.59 Å². The van der Waals surface area contributed by atoms with Crippen molar-refractivity contribution in [3.63, 3.8) is 0 Å². The minimum atomic E-state index is -0.135. The molecule has 1 fully saturated rings. The second kappa shape index (κ2) is 8.94. The second-order valence-electron chi connectivity index (χ2n) is 8.09. The van der Waals surface area contributed by atoms with E-state index >= 15 is 0 Å². The summed E-state index contributed by atoms with van der Waals surface area (Å²) in [5, 5.41) is 8.12. The molecule has 32 heavy (non-hydrogen) atoms. The SMILES string of the molecule is O=C(CCN1CCOCC1)Nc1ccc2c(c1)/C(=C\c1cccc3ccccc13)C(=O)N2. The first-order chi connectivity index (χ1) is 15.7. The van der Waals surface area contributed by atoms with Crippen LogP contribution in [-0.4, -0.2) is 49.6 Å². The maximum absolute atomic E-state index is 12.7. The van der Waals surface area contributed by atoms with Crippen LogP contribution in [0.2, 0.25) is 0 Å². The molecule has 3 aromatic rings. The van der Waals surface area contributed by atoms with Gasteiger partial charge in [-0.1, -0.05) is 42.5 Å². The van der Waals surface area contributed by atoms with Gasteiger partial charge in [-0.2, -0.15) is 0 Å².